The number of aryl methyl sites for hydroxylation is 1. The number of amides is 1. The highest BCUT2D eigenvalue weighted by Crippen LogP contribution is 2.27. The Morgan fingerprint density at radius 1 is 1.13 bits per heavy atom. The molecular weight excluding hydrogens is 410 g/mol. The van der Waals surface area contributed by atoms with Crippen LogP contribution in [0.2, 0.25) is 5.02 Å². The third-order valence-corrected chi connectivity index (χ3v) is 6.38. The zero-order valence-corrected chi connectivity index (χ0v) is 18.2. The fourth-order valence-corrected chi connectivity index (χ4v) is 4.63. The summed E-state index contributed by atoms with van der Waals surface area (Å²) in [6, 6.07) is 15.6. The summed E-state index contributed by atoms with van der Waals surface area (Å²) in [7, 11) is 0. The number of fused-ring (bicyclic) bond motifs is 1. The second kappa shape index (κ2) is 8.95. The Morgan fingerprint density at radius 2 is 1.81 bits per heavy atom. The van der Waals surface area contributed by atoms with Crippen LogP contribution in [-0.4, -0.2) is 16.5 Å². The van der Waals surface area contributed by atoms with Gasteiger partial charge in [-0.2, -0.15) is 5.26 Å². The molecule has 0 radical (unpaired) electrons. The van der Waals surface area contributed by atoms with Crippen LogP contribution in [0.15, 0.2) is 53.3 Å². The van der Waals surface area contributed by atoms with E-state index in [1.807, 2.05) is 30.3 Å². The van der Waals surface area contributed by atoms with E-state index < -0.39 is 11.6 Å². The lowest BCUT2D eigenvalue weighted by atomic mass is 9.94. The van der Waals surface area contributed by atoms with Gasteiger partial charge in [0.05, 0.1) is 5.52 Å². The Labute approximate surface area is 186 Å². The third kappa shape index (κ3) is 4.08. The van der Waals surface area contributed by atoms with Gasteiger partial charge in [0, 0.05) is 16.5 Å². The first kappa shape index (κ1) is 21.1. The zero-order chi connectivity index (χ0) is 22.0. The van der Waals surface area contributed by atoms with Crippen LogP contribution < -0.4 is 10.9 Å². The van der Waals surface area contributed by atoms with E-state index in [1.54, 1.807) is 31.2 Å². The normalized spacial score (nSPS) is 15.4. The van der Waals surface area contributed by atoms with Crippen molar-refractivity contribution in [3.8, 4) is 6.07 Å². The quantitative estimate of drug-likeness (QED) is 0.637. The fourth-order valence-electron chi connectivity index (χ4n) is 4.50. The SMILES string of the molecule is Cc1c(C#N)c(=O)n(C(C(=O)NC2CCCCC2)c2ccc(Cl)cc2)c2ccccc12. The van der Waals surface area contributed by atoms with Crippen molar-refractivity contribution in [2.75, 3.05) is 0 Å². The molecule has 0 saturated heterocycles. The Bertz CT molecular complexity index is 1220. The first-order valence-electron chi connectivity index (χ1n) is 10.6. The molecule has 1 aliphatic rings. The molecule has 1 heterocycles. The van der Waals surface area contributed by atoms with Crippen LogP contribution in [0.25, 0.3) is 10.9 Å². The highest BCUT2D eigenvalue weighted by Gasteiger charge is 2.29. The lowest BCUT2D eigenvalue weighted by Gasteiger charge is -2.28. The average Bonchev–Trinajstić information content (AvgIpc) is 2.78. The number of hydrogen-bond acceptors (Lipinski definition) is 3. The van der Waals surface area contributed by atoms with Crippen LogP contribution in [0.4, 0.5) is 0 Å². The molecule has 1 saturated carbocycles. The van der Waals surface area contributed by atoms with E-state index >= 15 is 0 Å². The van der Waals surface area contributed by atoms with Crippen LogP contribution in [0.5, 0.6) is 0 Å². The number of para-hydroxylation sites is 1. The zero-order valence-electron chi connectivity index (χ0n) is 17.4. The van der Waals surface area contributed by atoms with E-state index in [2.05, 4.69) is 5.32 Å². The number of nitrogens with one attached hydrogen (secondary N) is 1. The van der Waals surface area contributed by atoms with E-state index in [9.17, 15) is 14.9 Å². The van der Waals surface area contributed by atoms with Gasteiger partial charge < -0.3 is 5.32 Å². The molecule has 1 aliphatic carbocycles. The molecule has 6 heteroatoms. The van der Waals surface area contributed by atoms with Gasteiger partial charge >= 0.3 is 0 Å². The van der Waals surface area contributed by atoms with Crippen molar-refractivity contribution in [2.24, 2.45) is 0 Å². The topological polar surface area (TPSA) is 74.9 Å². The van der Waals surface area contributed by atoms with E-state index in [0.29, 0.717) is 21.7 Å². The molecule has 4 rings (SSSR count). The first-order valence-corrected chi connectivity index (χ1v) is 11.0. The Hall–Kier alpha value is -3.10. The highest BCUT2D eigenvalue weighted by atomic mass is 35.5. The van der Waals surface area contributed by atoms with Crippen molar-refractivity contribution >= 4 is 28.4 Å². The van der Waals surface area contributed by atoms with Gasteiger partial charge in [-0.05, 0) is 49.1 Å². The predicted octanol–water partition coefficient (Wildman–Crippen LogP) is 4.87. The molecule has 1 N–H and O–H groups in total. The van der Waals surface area contributed by atoms with Gasteiger partial charge in [0.1, 0.15) is 17.7 Å². The first-order chi connectivity index (χ1) is 15.0. The number of pyridine rings is 1. The largest absolute Gasteiger partial charge is 0.351 e. The number of benzene rings is 2. The lowest BCUT2D eigenvalue weighted by Crippen LogP contribution is -2.44. The summed E-state index contributed by atoms with van der Waals surface area (Å²) in [6.07, 6.45) is 5.23. The van der Waals surface area contributed by atoms with E-state index in [0.717, 1.165) is 31.1 Å². The Morgan fingerprint density at radius 3 is 2.48 bits per heavy atom. The Kier molecular flexibility index (Phi) is 6.11. The summed E-state index contributed by atoms with van der Waals surface area (Å²) in [5, 5.41) is 14.2. The van der Waals surface area contributed by atoms with Crippen LogP contribution in [0, 0.1) is 18.3 Å². The molecule has 1 atom stereocenters. The second-order valence-corrected chi connectivity index (χ2v) is 8.54. The van der Waals surface area contributed by atoms with Crippen molar-refractivity contribution in [3.63, 3.8) is 0 Å². The number of carbonyl (C=O) groups is 1. The molecule has 5 nitrogen and oxygen atoms in total. The van der Waals surface area contributed by atoms with Crippen molar-refractivity contribution in [1.82, 2.24) is 9.88 Å². The molecule has 1 aromatic heterocycles. The van der Waals surface area contributed by atoms with Gasteiger partial charge in [0.2, 0.25) is 5.91 Å². The summed E-state index contributed by atoms with van der Waals surface area (Å²) in [4.78, 5) is 27.0. The molecule has 1 fully saturated rings. The highest BCUT2D eigenvalue weighted by molar-refractivity contribution is 6.30. The minimum atomic E-state index is -0.899. The average molecular weight is 434 g/mol. The van der Waals surface area contributed by atoms with E-state index in [1.165, 1.54) is 11.0 Å². The van der Waals surface area contributed by atoms with Gasteiger partial charge in [-0.15, -0.1) is 0 Å². The standard InChI is InChI=1S/C25H24ClN3O2/c1-16-20-9-5-6-10-22(20)29(25(31)21(16)15-27)23(17-11-13-18(26)14-12-17)24(30)28-19-7-3-2-4-8-19/h5-6,9-14,19,23H,2-4,7-8H2,1H3,(H,28,30). The maximum absolute atomic E-state index is 13.6. The van der Waals surface area contributed by atoms with E-state index in [-0.39, 0.29) is 17.5 Å². The minimum absolute atomic E-state index is 0.0585. The molecule has 2 aromatic carbocycles. The minimum Gasteiger partial charge on any atom is -0.351 e. The fraction of sp³-hybridized carbons (Fsp3) is 0.320. The maximum Gasteiger partial charge on any atom is 0.270 e. The molecule has 1 unspecified atom stereocenters. The number of nitriles is 1. The molecule has 0 spiro atoms. The number of rotatable bonds is 4. The lowest BCUT2D eigenvalue weighted by molar-refractivity contribution is -0.124. The maximum atomic E-state index is 13.6. The summed E-state index contributed by atoms with van der Waals surface area (Å²) in [5.74, 6) is -0.241. The van der Waals surface area contributed by atoms with Gasteiger partial charge in [0.25, 0.3) is 5.56 Å². The van der Waals surface area contributed by atoms with Gasteiger partial charge in [-0.1, -0.05) is 61.2 Å². The van der Waals surface area contributed by atoms with E-state index in [4.69, 9.17) is 11.6 Å². The summed E-state index contributed by atoms with van der Waals surface area (Å²) in [6.45, 7) is 1.77. The third-order valence-electron chi connectivity index (χ3n) is 6.13. The van der Waals surface area contributed by atoms with Crippen molar-refractivity contribution < 1.29 is 4.79 Å². The van der Waals surface area contributed by atoms with Crippen LogP contribution in [0.1, 0.15) is 54.8 Å². The number of carbonyl (C=O) groups excluding carboxylic acids is 1. The van der Waals surface area contributed by atoms with Gasteiger partial charge in [-0.3, -0.25) is 14.2 Å². The Balaban J connectivity index is 1.92. The summed E-state index contributed by atoms with van der Waals surface area (Å²) < 4.78 is 1.46. The smallest absolute Gasteiger partial charge is 0.270 e. The van der Waals surface area contributed by atoms with Crippen LogP contribution in [-0.2, 0) is 4.79 Å². The molecule has 158 valence electrons. The molecule has 0 bridgehead atoms. The monoisotopic (exact) mass is 433 g/mol. The van der Waals surface area contributed by atoms with Crippen LogP contribution in [0.3, 0.4) is 0 Å². The number of hydrogen-bond donors (Lipinski definition) is 1. The number of nitrogens with zero attached hydrogens (tertiary/aromatic N) is 2. The van der Waals surface area contributed by atoms with Crippen molar-refractivity contribution in [2.45, 2.75) is 51.1 Å². The summed E-state index contributed by atoms with van der Waals surface area (Å²) in [5.41, 5.74) is 1.50. The molecule has 1 amide bonds. The second-order valence-electron chi connectivity index (χ2n) is 8.10. The number of halogens is 1. The van der Waals surface area contributed by atoms with Crippen LogP contribution >= 0.6 is 11.6 Å². The molecule has 0 aliphatic heterocycles. The summed E-state index contributed by atoms with van der Waals surface area (Å²) >= 11 is 6.08. The van der Waals surface area contributed by atoms with Crippen molar-refractivity contribution in [1.29, 1.82) is 5.26 Å². The molecule has 3 aromatic rings. The molecular formula is C25H24ClN3O2. The predicted molar refractivity (Wildman–Crippen MR) is 122 cm³/mol. The van der Waals surface area contributed by atoms with Gasteiger partial charge in [-0.25, -0.2) is 0 Å². The number of aromatic nitrogens is 1. The molecule has 31 heavy (non-hydrogen) atoms. The van der Waals surface area contributed by atoms with Gasteiger partial charge in [0.15, 0.2) is 0 Å². The van der Waals surface area contributed by atoms with Crippen molar-refractivity contribution in [3.05, 3.63) is 80.6 Å².